The lowest BCUT2D eigenvalue weighted by atomic mass is 9.96. The van der Waals surface area contributed by atoms with Crippen molar-refractivity contribution in [1.82, 2.24) is 15.2 Å². The molecule has 3 heteroatoms. The van der Waals surface area contributed by atoms with E-state index < -0.39 is 0 Å². The van der Waals surface area contributed by atoms with Crippen molar-refractivity contribution in [3.63, 3.8) is 0 Å². The first kappa shape index (κ1) is 12.5. The van der Waals surface area contributed by atoms with Crippen molar-refractivity contribution in [1.29, 1.82) is 0 Å². The number of pyridine rings is 1. The topological polar surface area (TPSA) is 28.2 Å². The Morgan fingerprint density at radius 2 is 2.12 bits per heavy atom. The lowest BCUT2D eigenvalue weighted by Crippen LogP contribution is -2.37. The third kappa shape index (κ3) is 3.05. The van der Waals surface area contributed by atoms with Crippen LogP contribution in [-0.4, -0.2) is 35.6 Å². The van der Waals surface area contributed by atoms with Crippen molar-refractivity contribution in [2.75, 3.05) is 20.1 Å². The van der Waals surface area contributed by atoms with Crippen LogP contribution in [0.25, 0.3) is 0 Å². The van der Waals surface area contributed by atoms with Gasteiger partial charge >= 0.3 is 0 Å². The van der Waals surface area contributed by atoms with Crippen LogP contribution in [0.3, 0.4) is 0 Å². The lowest BCUT2D eigenvalue weighted by Gasteiger charge is -2.31. The van der Waals surface area contributed by atoms with Crippen LogP contribution in [0, 0.1) is 5.92 Å². The van der Waals surface area contributed by atoms with Gasteiger partial charge in [-0.1, -0.05) is 0 Å². The number of nitrogens with zero attached hydrogens (tertiary/aromatic N) is 2. The molecule has 0 aliphatic carbocycles. The lowest BCUT2D eigenvalue weighted by molar-refractivity contribution is 0.166. The molecule has 1 aliphatic rings. The minimum Gasteiger partial charge on any atom is -0.319 e. The van der Waals surface area contributed by atoms with E-state index in [-0.39, 0.29) is 0 Å². The maximum atomic E-state index is 4.07. The van der Waals surface area contributed by atoms with Crippen molar-refractivity contribution in [3.8, 4) is 0 Å². The minimum atomic E-state index is 0.310. The van der Waals surface area contributed by atoms with Gasteiger partial charge in [0.25, 0.3) is 0 Å². The predicted molar refractivity (Wildman–Crippen MR) is 70.8 cm³/mol. The molecule has 1 aromatic heterocycles. The molecule has 0 aromatic carbocycles. The molecular formula is C14H23N3. The Bertz CT molecular complexity index is 348. The zero-order valence-electron chi connectivity index (χ0n) is 11.1. The van der Waals surface area contributed by atoms with Gasteiger partial charge in [0.05, 0.1) is 0 Å². The highest BCUT2D eigenvalue weighted by molar-refractivity contribution is 5.11. The summed E-state index contributed by atoms with van der Waals surface area (Å²) in [6.45, 7) is 8.05. The Kier molecular flexibility index (Phi) is 3.79. The van der Waals surface area contributed by atoms with Crippen LogP contribution in [0.4, 0.5) is 0 Å². The van der Waals surface area contributed by atoms with Crippen LogP contribution >= 0.6 is 0 Å². The Balaban J connectivity index is 2.01. The van der Waals surface area contributed by atoms with Crippen LogP contribution in [0.1, 0.15) is 25.8 Å². The number of likely N-dealkylation sites (tertiary alicyclic amines) is 1. The molecule has 94 valence electrons. The molecule has 2 heterocycles. The summed E-state index contributed by atoms with van der Waals surface area (Å²) in [6.07, 6.45) is 5.03. The fourth-order valence-corrected chi connectivity index (χ4v) is 2.87. The maximum Gasteiger partial charge on any atom is 0.0271 e. The van der Waals surface area contributed by atoms with Gasteiger partial charge in [-0.3, -0.25) is 9.88 Å². The average molecular weight is 233 g/mol. The molecule has 3 nitrogen and oxygen atoms in total. The molecule has 1 aromatic rings. The van der Waals surface area contributed by atoms with E-state index in [1.165, 1.54) is 18.5 Å². The average Bonchev–Trinajstić information content (AvgIpc) is 2.55. The van der Waals surface area contributed by atoms with Gasteiger partial charge in [-0.25, -0.2) is 0 Å². The summed E-state index contributed by atoms with van der Waals surface area (Å²) in [5.74, 6) is 0.775. The quantitative estimate of drug-likeness (QED) is 0.861. The molecule has 17 heavy (non-hydrogen) atoms. The van der Waals surface area contributed by atoms with Crippen molar-refractivity contribution >= 4 is 0 Å². The van der Waals surface area contributed by atoms with Gasteiger partial charge in [-0.15, -0.1) is 0 Å². The SMILES string of the molecule is CNCC1CN(Cc2ccncc2)C(C)(C)C1. The second-order valence-corrected chi connectivity index (χ2v) is 5.68. The normalized spacial score (nSPS) is 24.1. The third-order valence-corrected chi connectivity index (χ3v) is 3.74. The Morgan fingerprint density at radius 1 is 1.41 bits per heavy atom. The molecule has 0 bridgehead atoms. The van der Waals surface area contributed by atoms with Gasteiger partial charge in [-0.05, 0) is 57.5 Å². The zero-order valence-corrected chi connectivity index (χ0v) is 11.1. The van der Waals surface area contributed by atoms with E-state index in [0.29, 0.717) is 5.54 Å². The Morgan fingerprint density at radius 3 is 2.76 bits per heavy atom. The molecular weight excluding hydrogens is 210 g/mol. The van der Waals surface area contributed by atoms with Gasteiger partial charge in [-0.2, -0.15) is 0 Å². The van der Waals surface area contributed by atoms with Crippen molar-refractivity contribution in [2.45, 2.75) is 32.4 Å². The van der Waals surface area contributed by atoms with Crippen LogP contribution in [0.5, 0.6) is 0 Å². The smallest absolute Gasteiger partial charge is 0.0271 e. The van der Waals surface area contributed by atoms with Gasteiger partial charge in [0.15, 0.2) is 0 Å². The standard InChI is InChI=1S/C14H23N3/c1-14(2)8-13(9-15-3)11-17(14)10-12-4-6-16-7-5-12/h4-7,13,15H,8-11H2,1-3H3. The van der Waals surface area contributed by atoms with E-state index >= 15 is 0 Å². The van der Waals surface area contributed by atoms with Gasteiger partial charge in [0.2, 0.25) is 0 Å². The van der Waals surface area contributed by atoms with Crippen LogP contribution < -0.4 is 5.32 Å². The summed E-state index contributed by atoms with van der Waals surface area (Å²) in [4.78, 5) is 6.66. The molecule has 1 atom stereocenters. The number of nitrogens with one attached hydrogen (secondary N) is 1. The van der Waals surface area contributed by atoms with E-state index in [2.05, 4.69) is 41.2 Å². The second-order valence-electron chi connectivity index (χ2n) is 5.68. The summed E-state index contributed by atoms with van der Waals surface area (Å²) >= 11 is 0. The van der Waals surface area contributed by atoms with Crippen LogP contribution in [-0.2, 0) is 6.54 Å². The fourth-order valence-electron chi connectivity index (χ4n) is 2.87. The highest BCUT2D eigenvalue weighted by Crippen LogP contribution is 2.33. The number of rotatable bonds is 4. The Labute approximate surface area is 104 Å². The molecule has 0 spiro atoms. The number of aromatic nitrogens is 1. The summed E-state index contributed by atoms with van der Waals surface area (Å²) in [5, 5.41) is 3.30. The molecule has 1 aliphatic heterocycles. The predicted octanol–water partition coefficient (Wildman–Crippen LogP) is 1.90. The maximum absolute atomic E-state index is 4.07. The van der Waals surface area contributed by atoms with E-state index in [4.69, 9.17) is 0 Å². The van der Waals surface area contributed by atoms with Crippen molar-refractivity contribution < 1.29 is 0 Å². The van der Waals surface area contributed by atoms with Gasteiger partial charge in [0.1, 0.15) is 0 Å². The minimum absolute atomic E-state index is 0.310. The van der Waals surface area contributed by atoms with E-state index in [1.807, 2.05) is 19.4 Å². The molecule has 1 unspecified atom stereocenters. The first-order valence-corrected chi connectivity index (χ1v) is 6.40. The molecule has 0 saturated carbocycles. The van der Waals surface area contributed by atoms with Crippen molar-refractivity contribution in [2.24, 2.45) is 5.92 Å². The van der Waals surface area contributed by atoms with Gasteiger partial charge in [0, 0.05) is 31.0 Å². The first-order chi connectivity index (χ1) is 8.12. The highest BCUT2D eigenvalue weighted by atomic mass is 15.2. The molecule has 1 fully saturated rings. The second kappa shape index (κ2) is 5.15. The summed E-state index contributed by atoms with van der Waals surface area (Å²) in [6, 6.07) is 4.23. The van der Waals surface area contributed by atoms with Crippen molar-refractivity contribution in [3.05, 3.63) is 30.1 Å². The van der Waals surface area contributed by atoms with E-state index in [9.17, 15) is 0 Å². The molecule has 1 N–H and O–H groups in total. The molecule has 0 radical (unpaired) electrons. The van der Waals surface area contributed by atoms with E-state index in [0.717, 1.165) is 19.0 Å². The third-order valence-electron chi connectivity index (χ3n) is 3.74. The summed E-state index contributed by atoms with van der Waals surface area (Å²) < 4.78 is 0. The molecule has 2 rings (SSSR count). The Hall–Kier alpha value is -0.930. The zero-order chi connectivity index (χ0) is 12.3. The number of hydrogen-bond donors (Lipinski definition) is 1. The fraction of sp³-hybridized carbons (Fsp3) is 0.643. The number of hydrogen-bond acceptors (Lipinski definition) is 3. The van der Waals surface area contributed by atoms with E-state index in [1.54, 1.807) is 0 Å². The molecule has 1 saturated heterocycles. The first-order valence-electron chi connectivity index (χ1n) is 6.40. The van der Waals surface area contributed by atoms with Crippen LogP contribution in [0.15, 0.2) is 24.5 Å². The highest BCUT2D eigenvalue weighted by Gasteiger charge is 2.37. The summed E-state index contributed by atoms with van der Waals surface area (Å²) in [7, 11) is 2.04. The van der Waals surface area contributed by atoms with Gasteiger partial charge < -0.3 is 5.32 Å². The molecule has 0 amide bonds. The summed E-state index contributed by atoms with van der Waals surface area (Å²) in [5.41, 5.74) is 1.67. The monoisotopic (exact) mass is 233 g/mol. The van der Waals surface area contributed by atoms with Crippen LogP contribution in [0.2, 0.25) is 0 Å². The largest absolute Gasteiger partial charge is 0.319 e.